The minimum Gasteiger partial charge on any atom is -0.467 e. The third kappa shape index (κ3) is 4.00. The first kappa shape index (κ1) is 22.0. The molecule has 0 saturated heterocycles. The van der Waals surface area contributed by atoms with E-state index in [1.165, 1.54) is 24.1 Å². The molecule has 0 radical (unpaired) electrons. The van der Waals surface area contributed by atoms with E-state index in [9.17, 15) is 22.8 Å². The predicted octanol–water partition coefficient (Wildman–Crippen LogP) is 4.32. The lowest BCUT2D eigenvalue weighted by Gasteiger charge is -2.40. The first-order chi connectivity index (χ1) is 15.2. The molecule has 2 heterocycles. The summed E-state index contributed by atoms with van der Waals surface area (Å²) < 4.78 is 46.6. The van der Waals surface area contributed by atoms with Gasteiger partial charge >= 0.3 is 12.3 Å². The normalized spacial score (nSPS) is 18.3. The molecular weight excluding hydrogens is 449 g/mol. The molecular formula is C22H18ClF3N2O4. The number of methoxy groups -OCH3 is 1. The van der Waals surface area contributed by atoms with Crippen molar-refractivity contribution in [3.63, 3.8) is 0 Å². The van der Waals surface area contributed by atoms with Crippen LogP contribution in [0.2, 0.25) is 0 Å². The molecule has 4 rings (SSSR count). The van der Waals surface area contributed by atoms with E-state index in [1.807, 2.05) is 24.3 Å². The van der Waals surface area contributed by atoms with Crippen LogP contribution < -0.4 is 4.74 Å². The van der Waals surface area contributed by atoms with E-state index in [0.29, 0.717) is 11.3 Å². The van der Waals surface area contributed by atoms with Crippen LogP contribution in [0.5, 0.6) is 5.75 Å². The van der Waals surface area contributed by atoms with Crippen molar-refractivity contribution < 1.29 is 32.2 Å². The SMILES string of the molecule is COC(=O)[C@H]1Cc2c([nH]c3ccccc23)[C@H](c2ccc(OC(F)(F)F)cc2)N1C(=O)CCl. The van der Waals surface area contributed by atoms with Gasteiger partial charge in [0.1, 0.15) is 17.7 Å². The van der Waals surface area contributed by atoms with Gasteiger partial charge < -0.3 is 19.4 Å². The summed E-state index contributed by atoms with van der Waals surface area (Å²) in [4.78, 5) is 30.1. The molecule has 2 aromatic carbocycles. The number of hydrogen-bond acceptors (Lipinski definition) is 4. The fourth-order valence-corrected chi connectivity index (χ4v) is 4.32. The van der Waals surface area contributed by atoms with Crippen LogP contribution in [0.4, 0.5) is 13.2 Å². The van der Waals surface area contributed by atoms with Gasteiger partial charge in [-0.3, -0.25) is 4.79 Å². The molecule has 1 aliphatic rings. The van der Waals surface area contributed by atoms with Crippen LogP contribution in [0.25, 0.3) is 10.9 Å². The van der Waals surface area contributed by atoms with E-state index in [1.54, 1.807) is 0 Å². The maximum absolute atomic E-state index is 12.9. The number of para-hydroxylation sites is 1. The third-order valence-electron chi connectivity index (χ3n) is 5.44. The molecule has 2 atom stereocenters. The summed E-state index contributed by atoms with van der Waals surface area (Å²) in [6.07, 6.45) is -4.62. The molecule has 0 fully saturated rings. The molecule has 10 heteroatoms. The van der Waals surface area contributed by atoms with E-state index in [2.05, 4.69) is 9.72 Å². The molecule has 3 aromatic rings. The number of hydrogen-bond donors (Lipinski definition) is 1. The lowest BCUT2D eigenvalue weighted by Crippen LogP contribution is -2.52. The van der Waals surface area contributed by atoms with Gasteiger partial charge in [0.2, 0.25) is 5.91 Å². The molecule has 1 amide bonds. The fourth-order valence-electron chi connectivity index (χ4n) is 4.18. The number of halogens is 4. The summed E-state index contributed by atoms with van der Waals surface area (Å²) in [5.74, 6) is -1.89. The largest absolute Gasteiger partial charge is 0.573 e. The van der Waals surface area contributed by atoms with Crippen molar-refractivity contribution in [1.29, 1.82) is 0 Å². The van der Waals surface area contributed by atoms with Crippen LogP contribution >= 0.6 is 11.6 Å². The summed E-state index contributed by atoms with van der Waals surface area (Å²) in [6, 6.07) is 10.9. The number of rotatable bonds is 4. The number of amides is 1. The molecule has 0 saturated carbocycles. The summed E-state index contributed by atoms with van der Waals surface area (Å²) in [6.45, 7) is 0. The Kier molecular flexibility index (Phi) is 5.77. The fraction of sp³-hybridized carbons (Fsp3) is 0.273. The van der Waals surface area contributed by atoms with Crippen LogP contribution in [0.3, 0.4) is 0 Å². The standard InChI is InChI=1S/C22H18ClF3N2O4/c1-31-21(30)17-10-15-14-4-2-3-5-16(14)27-19(15)20(28(17)18(29)11-23)12-6-8-13(9-7-12)32-22(24,25)26/h2-9,17,20,27H,10-11H2,1H3/t17-,20+/m1/s1. The summed E-state index contributed by atoms with van der Waals surface area (Å²) in [5.41, 5.74) is 2.78. The van der Waals surface area contributed by atoms with Crippen molar-refractivity contribution in [2.24, 2.45) is 0 Å². The average molecular weight is 467 g/mol. The molecule has 0 unspecified atom stereocenters. The second-order valence-electron chi connectivity index (χ2n) is 7.26. The quantitative estimate of drug-likeness (QED) is 0.459. The highest BCUT2D eigenvalue weighted by atomic mass is 35.5. The van der Waals surface area contributed by atoms with Crippen LogP contribution in [-0.2, 0) is 20.7 Å². The van der Waals surface area contributed by atoms with Gasteiger partial charge in [-0.15, -0.1) is 24.8 Å². The average Bonchev–Trinajstić information content (AvgIpc) is 3.14. The van der Waals surface area contributed by atoms with Crippen molar-refractivity contribution in [2.75, 3.05) is 13.0 Å². The number of carbonyl (C=O) groups excluding carboxylic acids is 2. The van der Waals surface area contributed by atoms with Gasteiger partial charge in [-0.05, 0) is 29.3 Å². The highest BCUT2D eigenvalue weighted by molar-refractivity contribution is 6.27. The lowest BCUT2D eigenvalue weighted by molar-refractivity contribution is -0.274. The highest BCUT2D eigenvalue weighted by Gasteiger charge is 2.43. The Morgan fingerprint density at radius 1 is 1.16 bits per heavy atom. The first-order valence-electron chi connectivity index (χ1n) is 9.63. The van der Waals surface area contributed by atoms with Gasteiger partial charge in [-0.2, -0.15) is 0 Å². The number of carbonyl (C=O) groups is 2. The zero-order chi connectivity index (χ0) is 23.0. The number of nitrogens with one attached hydrogen (secondary N) is 1. The molecule has 32 heavy (non-hydrogen) atoms. The van der Waals surface area contributed by atoms with E-state index in [4.69, 9.17) is 16.3 Å². The topological polar surface area (TPSA) is 71.6 Å². The van der Waals surface area contributed by atoms with Crippen LogP contribution in [0.1, 0.15) is 22.9 Å². The molecule has 1 aliphatic heterocycles. The molecule has 0 spiro atoms. The van der Waals surface area contributed by atoms with E-state index in [-0.39, 0.29) is 12.3 Å². The Labute approximate surface area is 185 Å². The number of alkyl halides is 4. The van der Waals surface area contributed by atoms with Crippen molar-refractivity contribution in [1.82, 2.24) is 9.88 Å². The second kappa shape index (κ2) is 8.38. The number of benzene rings is 2. The Morgan fingerprint density at radius 2 is 1.84 bits per heavy atom. The smallest absolute Gasteiger partial charge is 0.467 e. The number of aromatic nitrogens is 1. The second-order valence-corrected chi connectivity index (χ2v) is 7.53. The Balaban J connectivity index is 1.88. The highest BCUT2D eigenvalue weighted by Crippen LogP contribution is 2.41. The Bertz CT molecular complexity index is 1160. The first-order valence-corrected chi connectivity index (χ1v) is 10.2. The zero-order valence-electron chi connectivity index (χ0n) is 16.8. The van der Waals surface area contributed by atoms with Crippen molar-refractivity contribution in [2.45, 2.75) is 24.9 Å². The number of esters is 1. The number of aromatic amines is 1. The van der Waals surface area contributed by atoms with E-state index < -0.39 is 36.1 Å². The lowest BCUT2D eigenvalue weighted by atomic mass is 9.88. The van der Waals surface area contributed by atoms with Crippen molar-refractivity contribution in [3.05, 3.63) is 65.4 Å². The molecule has 0 bridgehead atoms. The van der Waals surface area contributed by atoms with E-state index >= 15 is 0 Å². The van der Waals surface area contributed by atoms with Gasteiger partial charge in [-0.25, -0.2) is 4.79 Å². The summed E-state index contributed by atoms with van der Waals surface area (Å²) >= 11 is 5.86. The molecule has 1 N–H and O–H groups in total. The minimum absolute atomic E-state index is 0.209. The summed E-state index contributed by atoms with van der Waals surface area (Å²) in [7, 11) is 1.23. The van der Waals surface area contributed by atoms with Crippen LogP contribution in [-0.4, -0.2) is 47.2 Å². The number of ether oxygens (including phenoxy) is 2. The molecule has 0 aliphatic carbocycles. The maximum atomic E-state index is 12.9. The molecule has 168 valence electrons. The minimum atomic E-state index is -4.83. The van der Waals surface area contributed by atoms with Crippen LogP contribution in [0.15, 0.2) is 48.5 Å². The Morgan fingerprint density at radius 3 is 2.47 bits per heavy atom. The van der Waals surface area contributed by atoms with Gasteiger partial charge in [0, 0.05) is 23.0 Å². The monoisotopic (exact) mass is 466 g/mol. The maximum Gasteiger partial charge on any atom is 0.573 e. The number of H-pyrrole nitrogens is 1. The van der Waals surface area contributed by atoms with E-state index in [0.717, 1.165) is 28.6 Å². The molecule has 6 nitrogen and oxygen atoms in total. The van der Waals surface area contributed by atoms with Gasteiger partial charge in [0.05, 0.1) is 13.2 Å². The van der Waals surface area contributed by atoms with Crippen molar-refractivity contribution >= 4 is 34.4 Å². The predicted molar refractivity (Wildman–Crippen MR) is 110 cm³/mol. The zero-order valence-corrected chi connectivity index (χ0v) is 17.5. The van der Waals surface area contributed by atoms with Crippen LogP contribution in [0, 0.1) is 0 Å². The van der Waals surface area contributed by atoms with Crippen molar-refractivity contribution in [3.8, 4) is 5.75 Å². The number of nitrogens with zero attached hydrogens (tertiary/aromatic N) is 1. The van der Waals surface area contributed by atoms with Gasteiger partial charge in [-0.1, -0.05) is 30.3 Å². The number of fused-ring (bicyclic) bond motifs is 3. The van der Waals surface area contributed by atoms with Gasteiger partial charge in [0.25, 0.3) is 0 Å². The third-order valence-corrected chi connectivity index (χ3v) is 5.67. The Hall–Kier alpha value is -3.20. The molecule has 1 aromatic heterocycles. The van der Waals surface area contributed by atoms with Gasteiger partial charge in [0.15, 0.2) is 0 Å². The summed E-state index contributed by atoms with van der Waals surface area (Å²) in [5, 5.41) is 0.886.